The highest BCUT2D eigenvalue weighted by Gasteiger charge is 2.24. The normalized spacial score (nSPS) is 15.9. The zero-order chi connectivity index (χ0) is 14.8. The molecule has 3 N–H and O–H groups in total. The molecule has 1 amide bonds. The van der Waals surface area contributed by atoms with Crippen molar-refractivity contribution in [1.29, 1.82) is 0 Å². The highest BCUT2D eigenvalue weighted by atomic mass is 32.2. The molecule has 0 bridgehead atoms. The van der Waals surface area contributed by atoms with Gasteiger partial charge in [-0.05, 0) is 11.6 Å². The molecule has 0 aromatic heterocycles. The number of carbonyl (C=O) groups excluding carboxylic acids is 1. The first kappa shape index (κ1) is 14.3. The number of benzene rings is 1. The molecule has 0 saturated carbocycles. The zero-order valence-electron chi connectivity index (χ0n) is 10.9. The standard InChI is InChI=1S/C12H15N3O4S/c1-8(16)14-5-6-19-10-4-2-3-9-7-20(17,18)15-12(13)11(9)10/h2-4H,5-7H2,1H3,(H2,13,15)(H,14,16). The summed E-state index contributed by atoms with van der Waals surface area (Å²) in [5, 5.41) is 2.60. The van der Waals surface area contributed by atoms with Gasteiger partial charge < -0.3 is 15.8 Å². The van der Waals surface area contributed by atoms with Crippen LogP contribution in [-0.4, -0.2) is 33.3 Å². The molecule has 0 unspecified atom stereocenters. The number of nitrogens with two attached hydrogens (primary N) is 1. The average molecular weight is 297 g/mol. The van der Waals surface area contributed by atoms with E-state index in [1.165, 1.54) is 6.92 Å². The number of amidine groups is 1. The Morgan fingerprint density at radius 2 is 2.25 bits per heavy atom. The topological polar surface area (TPSA) is 111 Å². The second-order valence-electron chi connectivity index (χ2n) is 4.32. The number of nitrogens with zero attached hydrogens (tertiary/aromatic N) is 1. The summed E-state index contributed by atoms with van der Waals surface area (Å²) in [6.45, 7) is 2.03. The van der Waals surface area contributed by atoms with Crippen molar-refractivity contribution in [2.75, 3.05) is 13.2 Å². The van der Waals surface area contributed by atoms with E-state index < -0.39 is 10.0 Å². The fourth-order valence-electron chi connectivity index (χ4n) is 1.92. The number of carbonyl (C=O) groups is 1. The summed E-state index contributed by atoms with van der Waals surface area (Å²) in [6, 6.07) is 5.06. The Labute approximate surface area is 116 Å². The fourth-order valence-corrected chi connectivity index (χ4v) is 3.01. The summed E-state index contributed by atoms with van der Waals surface area (Å²) in [5.74, 6) is 0.0626. The van der Waals surface area contributed by atoms with E-state index in [0.717, 1.165) is 0 Å². The third-order valence-electron chi connectivity index (χ3n) is 2.68. The van der Waals surface area contributed by atoms with Crippen molar-refractivity contribution in [3.05, 3.63) is 29.3 Å². The van der Waals surface area contributed by atoms with Crippen LogP contribution in [0.5, 0.6) is 5.75 Å². The van der Waals surface area contributed by atoms with Crippen molar-refractivity contribution in [3.8, 4) is 5.75 Å². The van der Waals surface area contributed by atoms with Crippen molar-refractivity contribution < 1.29 is 17.9 Å². The first-order chi connectivity index (χ1) is 9.39. The van der Waals surface area contributed by atoms with Gasteiger partial charge in [-0.15, -0.1) is 4.40 Å². The maximum absolute atomic E-state index is 11.5. The lowest BCUT2D eigenvalue weighted by Crippen LogP contribution is -2.27. The van der Waals surface area contributed by atoms with E-state index in [4.69, 9.17) is 10.5 Å². The summed E-state index contributed by atoms with van der Waals surface area (Å²) < 4.78 is 32.0. The minimum Gasteiger partial charge on any atom is -0.491 e. The molecule has 108 valence electrons. The number of ether oxygens (including phenoxy) is 1. The Hall–Kier alpha value is -2.09. The molecule has 1 heterocycles. The van der Waals surface area contributed by atoms with E-state index in [1.807, 2.05) is 0 Å². The Bertz CT molecular complexity index is 667. The Morgan fingerprint density at radius 3 is 2.95 bits per heavy atom. The molecule has 0 fully saturated rings. The van der Waals surface area contributed by atoms with Crippen LogP contribution >= 0.6 is 0 Å². The predicted molar refractivity (Wildman–Crippen MR) is 74.0 cm³/mol. The minimum atomic E-state index is -3.55. The third-order valence-corrected chi connectivity index (χ3v) is 3.83. The van der Waals surface area contributed by atoms with Crippen LogP contribution < -0.4 is 15.8 Å². The number of sulfonamides is 1. The van der Waals surface area contributed by atoms with Gasteiger partial charge in [-0.25, -0.2) is 8.42 Å². The molecule has 7 nitrogen and oxygen atoms in total. The maximum atomic E-state index is 11.5. The summed E-state index contributed by atoms with van der Waals surface area (Å²) in [7, 11) is -3.55. The monoisotopic (exact) mass is 297 g/mol. The smallest absolute Gasteiger partial charge is 0.259 e. The van der Waals surface area contributed by atoms with Gasteiger partial charge in [0.1, 0.15) is 18.2 Å². The average Bonchev–Trinajstić information content (AvgIpc) is 2.32. The van der Waals surface area contributed by atoms with Gasteiger partial charge in [-0.2, -0.15) is 0 Å². The van der Waals surface area contributed by atoms with Gasteiger partial charge >= 0.3 is 0 Å². The van der Waals surface area contributed by atoms with E-state index >= 15 is 0 Å². The summed E-state index contributed by atoms with van der Waals surface area (Å²) in [4.78, 5) is 10.7. The number of rotatable bonds is 4. The molecule has 1 aliphatic rings. The molecule has 0 spiro atoms. The number of amides is 1. The number of nitrogens with one attached hydrogen (secondary N) is 1. The largest absolute Gasteiger partial charge is 0.491 e. The van der Waals surface area contributed by atoms with Crippen molar-refractivity contribution >= 4 is 21.8 Å². The van der Waals surface area contributed by atoms with Gasteiger partial charge in [-0.3, -0.25) is 4.79 Å². The summed E-state index contributed by atoms with van der Waals surface area (Å²) >= 11 is 0. The van der Waals surface area contributed by atoms with Crippen LogP contribution in [0.4, 0.5) is 0 Å². The second-order valence-corrected chi connectivity index (χ2v) is 5.96. The molecule has 2 rings (SSSR count). The number of fused-ring (bicyclic) bond motifs is 1. The number of hydrogen-bond donors (Lipinski definition) is 2. The molecule has 1 aromatic rings. The van der Waals surface area contributed by atoms with Crippen molar-refractivity contribution in [2.45, 2.75) is 12.7 Å². The molecule has 0 atom stereocenters. The van der Waals surface area contributed by atoms with Gasteiger partial charge in [0.25, 0.3) is 10.0 Å². The number of hydrogen-bond acceptors (Lipinski definition) is 5. The van der Waals surface area contributed by atoms with Crippen LogP contribution in [0.15, 0.2) is 22.6 Å². The lowest BCUT2D eigenvalue weighted by atomic mass is 10.1. The van der Waals surface area contributed by atoms with Gasteiger partial charge in [0, 0.05) is 6.92 Å². The van der Waals surface area contributed by atoms with Gasteiger partial charge in [0.2, 0.25) is 5.91 Å². The lowest BCUT2D eigenvalue weighted by molar-refractivity contribution is -0.119. The Balaban J connectivity index is 2.19. The predicted octanol–water partition coefficient (Wildman–Crippen LogP) is -0.250. The fraction of sp³-hybridized carbons (Fsp3) is 0.333. The van der Waals surface area contributed by atoms with E-state index in [2.05, 4.69) is 9.71 Å². The molecule has 0 radical (unpaired) electrons. The van der Waals surface area contributed by atoms with Crippen LogP contribution in [0.2, 0.25) is 0 Å². The first-order valence-electron chi connectivity index (χ1n) is 5.96. The Kier molecular flexibility index (Phi) is 3.93. The van der Waals surface area contributed by atoms with Crippen LogP contribution in [0, 0.1) is 0 Å². The zero-order valence-corrected chi connectivity index (χ0v) is 11.7. The SMILES string of the molecule is CC(=O)NCCOc1cccc2c1C(N)=NS(=O)(=O)C2. The van der Waals surface area contributed by atoms with E-state index in [-0.39, 0.29) is 24.1 Å². The highest BCUT2D eigenvalue weighted by molar-refractivity contribution is 7.89. The van der Waals surface area contributed by atoms with E-state index in [0.29, 0.717) is 23.4 Å². The maximum Gasteiger partial charge on any atom is 0.259 e. The molecule has 0 aliphatic carbocycles. The molecule has 1 aliphatic heterocycles. The van der Waals surface area contributed by atoms with Crippen molar-refractivity contribution in [1.82, 2.24) is 5.32 Å². The van der Waals surface area contributed by atoms with E-state index in [1.54, 1.807) is 18.2 Å². The molecule has 20 heavy (non-hydrogen) atoms. The van der Waals surface area contributed by atoms with Crippen molar-refractivity contribution in [2.24, 2.45) is 10.1 Å². The van der Waals surface area contributed by atoms with Crippen LogP contribution in [0.3, 0.4) is 0 Å². The summed E-state index contributed by atoms with van der Waals surface area (Å²) in [6.07, 6.45) is 0. The second kappa shape index (κ2) is 5.49. The molecular weight excluding hydrogens is 282 g/mol. The quantitative estimate of drug-likeness (QED) is 0.744. The van der Waals surface area contributed by atoms with Gasteiger partial charge in [-0.1, -0.05) is 12.1 Å². The molecular formula is C12H15N3O4S. The van der Waals surface area contributed by atoms with Gasteiger partial charge in [0.05, 0.1) is 17.9 Å². The Morgan fingerprint density at radius 1 is 1.50 bits per heavy atom. The first-order valence-corrected chi connectivity index (χ1v) is 7.57. The van der Waals surface area contributed by atoms with Crippen LogP contribution in [-0.2, 0) is 20.6 Å². The highest BCUT2D eigenvalue weighted by Crippen LogP contribution is 2.27. The molecule has 1 aromatic carbocycles. The van der Waals surface area contributed by atoms with Crippen molar-refractivity contribution in [3.63, 3.8) is 0 Å². The van der Waals surface area contributed by atoms with Crippen LogP contribution in [0.25, 0.3) is 0 Å². The molecule has 0 saturated heterocycles. The minimum absolute atomic E-state index is 0.0682. The lowest BCUT2D eigenvalue weighted by Gasteiger charge is -2.18. The third kappa shape index (κ3) is 3.27. The molecule has 8 heteroatoms. The van der Waals surface area contributed by atoms with Gasteiger partial charge in [0.15, 0.2) is 0 Å². The van der Waals surface area contributed by atoms with E-state index in [9.17, 15) is 13.2 Å². The summed E-state index contributed by atoms with van der Waals surface area (Å²) in [5.41, 5.74) is 6.77. The van der Waals surface area contributed by atoms with Crippen LogP contribution in [0.1, 0.15) is 18.1 Å².